The van der Waals surface area contributed by atoms with Crippen LogP contribution in [0, 0.1) is 5.41 Å². The van der Waals surface area contributed by atoms with Gasteiger partial charge in [0.05, 0.1) is 0 Å². The molecule has 1 fully saturated rings. The van der Waals surface area contributed by atoms with Crippen molar-refractivity contribution in [1.29, 1.82) is 0 Å². The number of hydrogen-bond acceptors (Lipinski definition) is 4. The molecule has 94 valence electrons. The van der Waals surface area contributed by atoms with Gasteiger partial charge in [0.25, 0.3) is 0 Å². The van der Waals surface area contributed by atoms with Crippen LogP contribution in [0.2, 0.25) is 0 Å². The minimum atomic E-state index is 0.480. The molecule has 0 amide bonds. The number of nitrogens with one attached hydrogen (secondary N) is 1. The molecule has 0 atom stereocenters. The van der Waals surface area contributed by atoms with E-state index < -0.39 is 0 Å². The molecular weight excluding hydrogens is 212 g/mol. The Balaban J connectivity index is 2.05. The molecule has 0 aliphatic carbocycles. The van der Waals surface area contributed by atoms with E-state index in [0.717, 1.165) is 31.4 Å². The lowest BCUT2D eigenvalue weighted by molar-refractivity contribution is 0.279. The average Bonchev–Trinajstić information content (AvgIpc) is 2.30. The summed E-state index contributed by atoms with van der Waals surface area (Å²) in [5.74, 6) is 1.78. The van der Waals surface area contributed by atoms with Crippen molar-refractivity contribution >= 4 is 11.8 Å². The van der Waals surface area contributed by atoms with Crippen molar-refractivity contribution in [3.05, 3.63) is 12.3 Å². The number of aromatic nitrogens is 2. The first-order valence-electron chi connectivity index (χ1n) is 6.42. The largest absolute Gasteiger partial charge is 0.356 e. The maximum Gasteiger partial charge on any atom is 0.224 e. The van der Waals surface area contributed by atoms with Gasteiger partial charge in [-0.05, 0) is 31.2 Å². The Morgan fingerprint density at radius 3 is 2.71 bits per heavy atom. The summed E-state index contributed by atoms with van der Waals surface area (Å²) in [5, 5.41) is 3.15. The maximum atomic E-state index is 4.54. The van der Waals surface area contributed by atoms with Crippen LogP contribution < -0.4 is 10.2 Å². The first-order valence-corrected chi connectivity index (χ1v) is 6.42. The zero-order valence-corrected chi connectivity index (χ0v) is 11.0. The summed E-state index contributed by atoms with van der Waals surface area (Å²) in [6.45, 7) is 9.78. The Labute approximate surface area is 103 Å². The van der Waals surface area contributed by atoms with E-state index in [4.69, 9.17) is 0 Å². The summed E-state index contributed by atoms with van der Waals surface area (Å²) >= 11 is 0. The first kappa shape index (κ1) is 12.1. The van der Waals surface area contributed by atoms with E-state index in [1.54, 1.807) is 0 Å². The molecule has 1 aliphatic rings. The van der Waals surface area contributed by atoms with Crippen LogP contribution in [0.15, 0.2) is 12.3 Å². The van der Waals surface area contributed by atoms with Crippen molar-refractivity contribution in [2.24, 2.45) is 5.41 Å². The Morgan fingerprint density at radius 1 is 1.35 bits per heavy atom. The SMILES string of the molecule is CCNc1nccc(N2CCC(C)(C)CC2)n1. The third kappa shape index (κ3) is 3.08. The second-order valence-corrected chi connectivity index (χ2v) is 5.42. The fraction of sp³-hybridized carbons (Fsp3) is 0.692. The quantitative estimate of drug-likeness (QED) is 0.872. The van der Waals surface area contributed by atoms with Crippen LogP contribution in [0.25, 0.3) is 0 Å². The molecule has 4 heteroatoms. The molecule has 17 heavy (non-hydrogen) atoms. The number of nitrogens with zero attached hydrogens (tertiary/aromatic N) is 3. The third-order valence-electron chi connectivity index (χ3n) is 3.42. The highest BCUT2D eigenvalue weighted by atomic mass is 15.2. The van der Waals surface area contributed by atoms with Crippen molar-refractivity contribution in [2.75, 3.05) is 29.9 Å². The van der Waals surface area contributed by atoms with E-state index in [2.05, 4.69) is 41.0 Å². The van der Waals surface area contributed by atoms with Gasteiger partial charge < -0.3 is 10.2 Å². The van der Waals surface area contributed by atoms with E-state index in [-0.39, 0.29) is 0 Å². The summed E-state index contributed by atoms with van der Waals surface area (Å²) in [7, 11) is 0. The molecule has 0 bridgehead atoms. The smallest absolute Gasteiger partial charge is 0.224 e. The molecule has 1 aromatic heterocycles. The summed E-state index contributed by atoms with van der Waals surface area (Å²) in [5.41, 5.74) is 0.480. The first-order chi connectivity index (χ1) is 8.11. The number of rotatable bonds is 3. The Morgan fingerprint density at radius 2 is 2.06 bits per heavy atom. The highest BCUT2D eigenvalue weighted by Gasteiger charge is 2.25. The number of hydrogen-bond donors (Lipinski definition) is 1. The van der Waals surface area contributed by atoms with Gasteiger partial charge in [0.15, 0.2) is 0 Å². The van der Waals surface area contributed by atoms with Crippen LogP contribution in [-0.2, 0) is 0 Å². The molecule has 0 unspecified atom stereocenters. The monoisotopic (exact) mass is 234 g/mol. The Bertz CT molecular complexity index is 365. The lowest BCUT2D eigenvalue weighted by Crippen LogP contribution is -2.37. The molecule has 1 saturated heterocycles. The molecule has 2 heterocycles. The molecule has 1 aromatic rings. The summed E-state index contributed by atoms with van der Waals surface area (Å²) in [4.78, 5) is 11.1. The summed E-state index contributed by atoms with van der Waals surface area (Å²) in [6.07, 6.45) is 4.29. The van der Waals surface area contributed by atoms with Crippen LogP contribution >= 0.6 is 0 Å². The number of piperidine rings is 1. The van der Waals surface area contributed by atoms with Gasteiger partial charge in [0.2, 0.25) is 5.95 Å². The van der Waals surface area contributed by atoms with Gasteiger partial charge in [0, 0.05) is 25.8 Å². The van der Waals surface area contributed by atoms with Gasteiger partial charge in [0.1, 0.15) is 5.82 Å². The van der Waals surface area contributed by atoms with E-state index >= 15 is 0 Å². The van der Waals surface area contributed by atoms with E-state index in [1.807, 2.05) is 12.3 Å². The van der Waals surface area contributed by atoms with Gasteiger partial charge in [-0.2, -0.15) is 4.98 Å². The highest BCUT2D eigenvalue weighted by Crippen LogP contribution is 2.31. The van der Waals surface area contributed by atoms with Crippen LogP contribution in [0.5, 0.6) is 0 Å². The van der Waals surface area contributed by atoms with Crippen molar-refractivity contribution < 1.29 is 0 Å². The predicted octanol–water partition coefficient (Wildman–Crippen LogP) is 2.53. The fourth-order valence-electron chi connectivity index (χ4n) is 2.11. The Hall–Kier alpha value is -1.32. The zero-order chi connectivity index (χ0) is 12.3. The second-order valence-electron chi connectivity index (χ2n) is 5.42. The van der Waals surface area contributed by atoms with Crippen molar-refractivity contribution in [3.63, 3.8) is 0 Å². The van der Waals surface area contributed by atoms with Gasteiger partial charge >= 0.3 is 0 Å². The van der Waals surface area contributed by atoms with E-state index in [0.29, 0.717) is 5.41 Å². The topological polar surface area (TPSA) is 41.1 Å². The van der Waals surface area contributed by atoms with E-state index in [1.165, 1.54) is 12.8 Å². The molecule has 2 rings (SSSR count). The van der Waals surface area contributed by atoms with Crippen LogP contribution in [0.1, 0.15) is 33.6 Å². The fourth-order valence-corrected chi connectivity index (χ4v) is 2.11. The molecular formula is C13H22N4. The van der Waals surface area contributed by atoms with Gasteiger partial charge in [-0.15, -0.1) is 0 Å². The summed E-state index contributed by atoms with van der Waals surface area (Å²) in [6, 6.07) is 2.00. The van der Waals surface area contributed by atoms with Gasteiger partial charge in [-0.25, -0.2) is 4.98 Å². The van der Waals surface area contributed by atoms with Crippen molar-refractivity contribution in [3.8, 4) is 0 Å². The molecule has 0 spiro atoms. The number of anilines is 2. The maximum absolute atomic E-state index is 4.54. The van der Waals surface area contributed by atoms with Gasteiger partial charge in [-0.3, -0.25) is 0 Å². The lowest BCUT2D eigenvalue weighted by Gasteiger charge is -2.37. The van der Waals surface area contributed by atoms with Crippen molar-refractivity contribution in [1.82, 2.24) is 9.97 Å². The lowest BCUT2D eigenvalue weighted by atomic mass is 9.83. The molecule has 0 aromatic carbocycles. The Kier molecular flexibility index (Phi) is 3.50. The molecule has 0 radical (unpaired) electrons. The molecule has 0 saturated carbocycles. The zero-order valence-electron chi connectivity index (χ0n) is 11.0. The minimum Gasteiger partial charge on any atom is -0.356 e. The second kappa shape index (κ2) is 4.90. The normalized spacial score (nSPS) is 19.1. The van der Waals surface area contributed by atoms with Crippen LogP contribution in [0.4, 0.5) is 11.8 Å². The molecule has 1 aliphatic heterocycles. The standard InChI is InChI=1S/C13H22N4/c1-4-14-12-15-8-5-11(16-12)17-9-6-13(2,3)7-10-17/h5,8H,4,6-7,9-10H2,1-3H3,(H,14,15,16). The highest BCUT2D eigenvalue weighted by molar-refractivity contribution is 5.42. The van der Waals surface area contributed by atoms with Crippen LogP contribution in [0.3, 0.4) is 0 Å². The summed E-state index contributed by atoms with van der Waals surface area (Å²) < 4.78 is 0. The minimum absolute atomic E-state index is 0.480. The molecule has 4 nitrogen and oxygen atoms in total. The van der Waals surface area contributed by atoms with Crippen LogP contribution in [-0.4, -0.2) is 29.6 Å². The van der Waals surface area contributed by atoms with Crippen molar-refractivity contribution in [2.45, 2.75) is 33.6 Å². The average molecular weight is 234 g/mol. The molecule has 1 N–H and O–H groups in total. The third-order valence-corrected chi connectivity index (χ3v) is 3.42. The predicted molar refractivity (Wildman–Crippen MR) is 71.4 cm³/mol. The van der Waals surface area contributed by atoms with E-state index in [9.17, 15) is 0 Å². The van der Waals surface area contributed by atoms with Gasteiger partial charge in [-0.1, -0.05) is 13.8 Å².